The van der Waals surface area contributed by atoms with Crippen molar-refractivity contribution in [2.45, 2.75) is 43.1 Å². The van der Waals surface area contributed by atoms with Crippen molar-refractivity contribution in [3.8, 4) is 5.75 Å². The van der Waals surface area contributed by atoms with Gasteiger partial charge in [0, 0.05) is 13.1 Å². The van der Waals surface area contributed by atoms with Gasteiger partial charge in [0.15, 0.2) is 0 Å². The summed E-state index contributed by atoms with van der Waals surface area (Å²) < 4.78 is 32.3. The third kappa shape index (κ3) is 3.89. The maximum Gasteiger partial charge on any atom is 0.269 e. The largest absolute Gasteiger partial charge is 0.486 e. The Morgan fingerprint density at radius 2 is 1.86 bits per heavy atom. The predicted molar refractivity (Wildman–Crippen MR) is 111 cm³/mol. The number of aryl methyl sites for hydroxylation is 1. The molecule has 0 bridgehead atoms. The van der Waals surface area contributed by atoms with Gasteiger partial charge in [-0.05, 0) is 62.9 Å². The molecule has 2 aliphatic heterocycles. The normalized spacial score (nSPS) is 22.1. The third-order valence-corrected chi connectivity index (χ3v) is 7.47. The van der Waals surface area contributed by atoms with E-state index in [1.807, 2.05) is 18.2 Å². The van der Waals surface area contributed by atoms with Crippen molar-refractivity contribution in [3.63, 3.8) is 0 Å². The standard InChI is InChI=1S/C22H26N2O4S/c1-22(13-12-17-8-2-4-10-19(17)28-22)16-23-14-6-7-15-24-21(25)18-9-3-5-11-20(18)29(24,26)27/h2-5,8-11,23H,6-7,12-16H2,1H3/t22-/m1/s1. The van der Waals surface area contributed by atoms with Crippen molar-refractivity contribution in [1.82, 2.24) is 9.62 Å². The number of nitrogens with one attached hydrogen (secondary N) is 1. The molecular weight excluding hydrogens is 388 g/mol. The molecule has 29 heavy (non-hydrogen) atoms. The molecule has 0 radical (unpaired) electrons. The molecule has 7 heteroatoms. The predicted octanol–water partition coefficient (Wildman–Crippen LogP) is 2.98. The number of hydrogen-bond donors (Lipinski definition) is 1. The Kier molecular flexibility index (Phi) is 5.36. The van der Waals surface area contributed by atoms with Crippen LogP contribution in [-0.4, -0.2) is 43.9 Å². The maximum absolute atomic E-state index is 12.5. The summed E-state index contributed by atoms with van der Waals surface area (Å²) in [5.74, 6) is 0.538. The number of ether oxygens (including phenoxy) is 1. The SMILES string of the molecule is C[C@]1(CNCCCCN2C(=O)c3ccccc3S2(=O)=O)CCc2ccccc2O1. The van der Waals surface area contributed by atoms with Crippen molar-refractivity contribution in [2.24, 2.45) is 0 Å². The molecule has 0 aromatic heterocycles. The van der Waals surface area contributed by atoms with E-state index in [2.05, 4.69) is 18.3 Å². The average molecular weight is 415 g/mol. The number of rotatable bonds is 7. The quantitative estimate of drug-likeness (QED) is 0.705. The number of fused-ring (bicyclic) bond motifs is 2. The minimum absolute atomic E-state index is 0.116. The van der Waals surface area contributed by atoms with Crippen LogP contribution in [0.5, 0.6) is 5.75 Å². The fourth-order valence-corrected chi connectivity index (χ4v) is 5.57. The lowest BCUT2D eigenvalue weighted by atomic mass is 9.92. The van der Waals surface area contributed by atoms with Gasteiger partial charge in [-0.2, -0.15) is 0 Å². The summed E-state index contributed by atoms with van der Waals surface area (Å²) in [7, 11) is -3.70. The van der Waals surface area contributed by atoms with Gasteiger partial charge in [-0.3, -0.25) is 4.79 Å². The zero-order chi connectivity index (χ0) is 20.5. The molecule has 6 nitrogen and oxygen atoms in total. The highest BCUT2D eigenvalue weighted by atomic mass is 32.2. The Morgan fingerprint density at radius 3 is 2.69 bits per heavy atom. The molecule has 2 aromatic rings. The van der Waals surface area contributed by atoms with Gasteiger partial charge in [-0.25, -0.2) is 12.7 Å². The molecule has 2 heterocycles. The minimum atomic E-state index is -3.70. The van der Waals surface area contributed by atoms with Crippen molar-refractivity contribution >= 4 is 15.9 Å². The van der Waals surface area contributed by atoms with E-state index in [1.165, 1.54) is 11.6 Å². The van der Waals surface area contributed by atoms with Crippen LogP contribution in [0.1, 0.15) is 42.1 Å². The smallest absolute Gasteiger partial charge is 0.269 e. The number of sulfonamides is 1. The minimum Gasteiger partial charge on any atom is -0.486 e. The highest BCUT2D eigenvalue weighted by Crippen LogP contribution is 2.33. The first kappa shape index (κ1) is 19.9. The van der Waals surface area contributed by atoms with E-state index in [9.17, 15) is 13.2 Å². The van der Waals surface area contributed by atoms with Crippen molar-refractivity contribution < 1.29 is 17.9 Å². The van der Waals surface area contributed by atoms with E-state index in [1.54, 1.807) is 18.2 Å². The summed E-state index contributed by atoms with van der Waals surface area (Å²) in [5.41, 5.74) is 1.28. The molecule has 1 N–H and O–H groups in total. The summed E-state index contributed by atoms with van der Waals surface area (Å²) in [5, 5.41) is 3.42. The first-order chi connectivity index (χ1) is 13.9. The molecular formula is C22H26N2O4S. The fraction of sp³-hybridized carbons (Fsp3) is 0.409. The number of para-hydroxylation sites is 1. The monoisotopic (exact) mass is 414 g/mol. The van der Waals surface area contributed by atoms with Crippen molar-refractivity contribution in [2.75, 3.05) is 19.6 Å². The van der Waals surface area contributed by atoms with E-state index in [0.717, 1.165) is 42.4 Å². The molecule has 0 spiro atoms. The van der Waals surface area contributed by atoms with E-state index in [-0.39, 0.29) is 22.6 Å². The van der Waals surface area contributed by atoms with E-state index in [4.69, 9.17) is 4.74 Å². The van der Waals surface area contributed by atoms with Gasteiger partial charge in [-0.15, -0.1) is 0 Å². The van der Waals surface area contributed by atoms with Crippen LogP contribution in [0.2, 0.25) is 0 Å². The number of benzene rings is 2. The number of nitrogens with zero attached hydrogens (tertiary/aromatic N) is 1. The van der Waals surface area contributed by atoms with Gasteiger partial charge in [0.25, 0.3) is 15.9 Å². The lowest BCUT2D eigenvalue weighted by Crippen LogP contribution is -2.45. The van der Waals surface area contributed by atoms with Crippen molar-refractivity contribution in [3.05, 3.63) is 59.7 Å². The average Bonchev–Trinajstić information content (AvgIpc) is 2.91. The number of hydrogen-bond acceptors (Lipinski definition) is 5. The molecule has 0 saturated carbocycles. The lowest BCUT2D eigenvalue weighted by Gasteiger charge is -2.36. The molecule has 4 rings (SSSR count). The number of amides is 1. The van der Waals surface area contributed by atoms with Gasteiger partial charge >= 0.3 is 0 Å². The number of unbranched alkanes of at least 4 members (excludes halogenated alkanes) is 1. The topological polar surface area (TPSA) is 75.7 Å². The van der Waals surface area contributed by atoms with Gasteiger partial charge in [0.2, 0.25) is 0 Å². The van der Waals surface area contributed by atoms with Crippen LogP contribution in [0, 0.1) is 0 Å². The maximum atomic E-state index is 12.5. The molecule has 2 aromatic carbocycles. The zero-order valence-electron chi connectivity index (χ0n) is 16.6. The number of carbonyl (C=O) groups is 1. The summed E-state index contributed by atoms with van der Waals surface area (Å²) in [6, 6.07) is 14.5. The third-order valence-electron chi connectivity index (χ3n) is 5.63. The second kappa shape index (κ2) is 7.80. The van der Waals surface area contributed by atoms with Crippen molar-refractivity contribution in [1.29, 1.82) is 0 Å². The summed E-state index contributed by atoms with van der Waals surface area (Å²) in [6.07, 6.45) is 3.36. The van der Waals surface area contributed by atoms with Gasteiger partial charge in [-0.1, -0.05) is 30.3 Å². The van der Waals surface area contributed by atoms with Gasteiger partial charge in [0.1, 0.15) is 16.2 Å². The highest BCUT2D eigenvalue weighted by Gasteiger charge is 2.40. The van der Waals surface area contributed by atoms with Crippen LogP contribution in [0.15, 0.2) is 53.4 Å². The fourth-order valence-electron chi connectivity index (χ4n) is 3.96. The zero-order valence-corrected chi connectivity index (χ0v) is 17.4. The Balaban J connectivity index is 1.23. The molecule has 0 unspecified atom stereocenters. The molecule has 1 amide bonds. The molecule has 0 saturated heterocycles. The second-order valence-electron chi connectivity index (χ2n) is 7.92. The van der Waals surface area contributed by atoms with Gasteiger partial charge in [0.05, 0.1) is 5.56 Å². The highest BCUT2D eigenvalue weighted by molar-refractivity contribution is 7.90. The van der Waals surface area contributed by atoms with Crippen LogP contribution in [0.3, 0.4) is 0 Å². The molecule has 0 aliphatic carbocycles. The Hall–Kier alpha value is -2.38. The molecule has 2 aliphatic rings. The summed E-state index contributed by atoms with van der Waals surface area (Å²) >= 11 is 0. The van der Waals surface area contributed by atoms with E-state index >= 15 is 0 Å². The van der Waals surface area contributed by atoms with E-state index < -0.39 is 15.9 Å². The van der Waals surface area contributed by atoms with Gasteiger partial charge < -0.3 is 10.1 Å². The first-order valence-electron chi connectivity index (χ1n) is 10.0. The molecule has 1 atom stereocenters. The van der Waals surface area contributed by atoms with Crippen LogP contribution in [0.25, 0.3) is 0 Å². The van der Waals surface area contributed by atoms with Crippen LogP contribution < -0.4 is 10.1 Å². The number of carbonyl (C=O) groups excluding carboxylic acids is 1. The second-order valence-corrected chi connectivity index (χ2v) is 9.75. The molecule has 154 valence electrons. The first-order valence-corrected chi connectivity index (χ1v) is 11.5. The van der Waals surface area contributed by atoms with Crippen LogP contribution >= 0.6 is 0 Å². The van der Waals surface area contributed by atoms with Crippen LogP contribution in [0.4, 0.5) is 0 Å². The Labute approximate surface area is 171 Å². The summed E-state index contributed by atoms with van der Waals surface area (Å²) in [6.45, 7) is 3.80. The molecule has 0 fully saturated rings. The summed E-state index contributed by atoms with van der Waals surface area (Å²) in [4.78, 5) is 12.5. The van der Waals surface area contributed by atoms with E-state index in [0.29, 0.717) is 6.42 Å². The lowest BCUT2D eigenvalue weighted by molar-refractivity contribution is 0.0647. The van der Waals surface area contributed by atoms with Crippen LogP contribution in [-0.2, 0) is 16.4 Å². The Morgan fingerprint density at radius 1 is 1.10 bits per heavy atom. The Bertz CT molecular complexity index is 1020.